The molecule has 0 radical (unpaired) electrons. The number of pyridine rings is 1. The summed E-state index contributed by atoms with van der Waals surface area (Å²) < 4.78 is 8.52. The highest BCUT2D eigenvalue weighted by molar-refractivity contribution is 5.88. The number of ether oxygens (including phenoxy) is 1. The minimum atomic E-state index is 0.266. The molecular weight excluding hydrogens is 408 g/mol. The van der Waals surface area contributed by atoms with Crippen molar-refractivity contribution < 1.29 is 4.74 Å². The Bertz CT molecular complexity index is 1110. The highest BCUT2D eigenvalue weighted by Gasteiger charge is 2.22. The highest BCUT2D eigenvalue weighted by atomic mass is 16.5. The fourth-order valence-electron chi connectivity index (χ4n) is 5.18. The molecule has 0 bridgehead atoms. The van der Waals surface area contributed by atoms with E-state index in [1.54, 1.807) is 0 Å². The first-order valence-electron chi connectivity index (χ1n) is 12.6. The van der Waals surface area contributed by atoms with Gasteiger partial charge in [-0.1, -0.05) is 38.3 Å². The van der Waals surface area contributed by atoms with Gasteiger partial charge in [0, 0.05) is 38.0 Å². The Hall–Kier alpha value is -2.84. The van der Waals surface area contributed by atoms with E-state index in [2.05, 4.69) is 52.9 Å². The Morgan fingerprint density at radius 1 is 1.03 bits per heavy atom. The summed E-state index contributed by atoms with van der Waals surface area (Å²) in [6.07, 6.45) is 11.0. The third kappa shape index (κ3) is 4.91. The van der Waals surface area contributed by atoms with Gasteiger partial charge in [0.2, 0.25) is 0 Å². The van der Waals surface area contributed by atoms with Gasteiger partial charge in [0.25, 0.3) is 0 Å². The Labute approximate surface area is 197 Å². The van der Waals surface area contributed by atoms with Gasteiger partial charge in [-0.3, -0.25) is 0 Å². The average molecular weight is 443 g/mol. The first kappa shape index (κ1) is 22.0. The van der Waals surface area contributed by atoms with Crippen molar-refractivity contribution in [1.29, 1.82) is 5.26 Å². The third-order valence-electron chi connectivity index (χ3n) is 7.32. The summed E-state index contributed by atoms with van der Waals surface area (Å²) in [5.41, 5.74) is 5.17. The van der Waals surface area contributed by atoms with Crippen LogP contribution < -0.4 is 4.90 Å². The van der Waals surface area contributed by atoms with Crippen LogP contribution >= 0.6 is 0 Å². The van der Waals surface area contributed by atoms with E-state index in [1.165, 1.54) is 38.5 Å². The number of hydrogen-bond donors (Lipinski definition) is 0. The molecule has 2 fully saturated rings. The summed E-state index contributed by atoms with van der Waals surface area (Å²) in [5, 5.41) is 9.24. The van der Waals surface area contributed by atoms with Crippen molar-refractivity contribution >= 4 is 16.9 Å². The quantitative estimate of drug-likeness (QED) is 0.485. The minimum Gasteiger partial charge on any atom is -0.376 e. The summed E-state index contributed by atoms with van der Waals surface area (Å²) in [5.74, 6) is 1.84. The van der Waals surface area contributed by atoms with Crippen LogP contribution in [0.1, 0.15) is 57.4 Å². The smallest absolute Gasteiger partial charge is 0.137 e. The van der Waals surface area contributed by atoms with Gasteiger partial charge >= 0.3 is 0 Å². The van der Waals surface area contributed by atoms with Gasteiger partial charge in [-0.15, -0.1) is 0 Å². The van der Waals surface area contributed by atoms with Gasteiger partial charge in [0.1, 0.15) is 5.82 Å². The number of piperidine rings is 1. The van der Waals surface area contributed by atoms with Crippen LogP contribution in [0.5, 0.6) is 0 Å². The predicted molar refractivity (Wildman–Crippen MR) is 133 cm³/mol. The number of aromatic nitrogens is 2. The molecule has 0 saturated carbocycles. The van der Waals surface area contributed by atoms with Crippen molar-refractivity contribution in [3.8, 4) is 17.2 Å². The van der Waals surface area contributed by atoms with E-state index in [9.17, 15) is 5.26 Å². The first-order valence-corrected chi connectivity index (χ1v) is 12.6. The monoisotopic (exact) mass is 442 g/mol. The van der Waals surface area contributed by atoms with E-state index < -0.39 is 0 Å². The maximum atomic E-state index is 9.24. The third-order valence-corrected chi connectivity index (χ3v) is 7.32. The van der Waals surface area contributed by atoms with Crippen molar-refractivity contribution in [3.63, 3.8) is 0 Å². The van der Waals surface area contributed by atoms with Crippen LogP contribution in [0.25, 0.3) is 22.2 Å². The largest absolute Gasteiger partial charge is 0.376 e. The molecule has 1 atom stereocenters. The van der Waals surface area contributed by atoms with Gasteiger partial charge in [0.15, 0.2) is 0 Å². The van der Waals surface area contributed by atoms with Crippen LogP contribution in [-0.4, -0.2) is 35.4 Å². The Morgan fingerprint density at radius 3 is 2.61 bits per heavy atom. The van der Waals surface area contributed by atoms with E-state index in [1.807, 2.05) is 12.1 Å². The Kier molecular flexibility index (Phi) is 6.64. The van der Waals surface area contributed by atoms with Crippen LogP contribution in [0.3, 0.4) is 0 Å². The van der Waals surface area contributed by atoms with E-state index in [0.29, 0.717) is 5.56 Å². The summed E-state index contributed by atoms with van der Waals surface area (Å²) in [4.78, 5) is 7.64. The molecule has 0 aliphatic carbocycles. The van der Waals surface area contributed by atoms with Crippen LogP contribution in [0.4, 0.5) is 5.82 Å². The van der Waals surface area contributed by atoms with E-state index in [0.717, 1.165) is 66.6 Å². The molecule has 5 heteroatoms. The SMILES string of the molecule is CC1CCN(c2nc3ccn(C[C@@H]4CCCCCCO4)c3cc2-c2ccc(C#N)cc2)CC1. The van der Waals surface area contributed by atoms with Crippen molar-refractivity contribution in [3.05, 3.63) is 48.2 Å². The lowest BCUT2D eigenvalue weighted by Gasteiger charge is -2.32. The highest BCUT2D eigenvalue weighted by Crippen LogP contribution is 2.35. The maximum absolute atomic E-state index is 9.24. The topological polar surface area (TPSA) is 54.1 Å². The molecule has 1 aromatic carbocycles. The second-order valence-corrected chi connectivity index (χ2v) is 9.79. The second-order valence-electron chi connectivity index (χ2n) is 9.79. The molecule has 172 valence electrons. The molecule has 33 heavy (non-hydrogen) atoms. The molecule has 4 heterocycles. The molecule has 3 aromatic rings. The number of rotatable bonds is 4. The lowest BCUT2D eigenvalue weighted by molar-refractivity contribution is 0.0254. The fourth-order valence-corrected chi connectivity index (χ4v) is 5.18. The summed E-state index contributed by atoms with van der Waals surface area (Å²) >= 11 is 0. The molecule has 0 N–H and O–H groups in total. The van der Waals surface area contributed by atoms with Gasteiger partial charge in [-0.2, -0.15) is 5.26 Å². The van der Waals surface area contributed by atoms with E-state index in [4.69, 9.17) is 9.72 Å². The molecule has 2 aromatic heterocycles. The number of benzene rings is 1. The Morgan fingerprint density at radius 2 is 1.82 bits per heavy atom. The van der Waals surface area contributed by atoms with E-state index in [-0.39, 0.29) is 6.10 Å². The molecule has 0 spiro atoms. The number of anilines is 1. The maximum Gasteiger partial charge on any atom is 0.137 e. The normalized spacial score (nSPS) is 20.4. The van der Waals surface area contributed by atoms with Crippen LogP contribution in [0, 0.1) is 17.2 Å². The van der Waals surface area contributed by atoms with Crippen LogP contribution in [0.15, 0.2) is 42.6 Å². The molecule has 5 nitrogen and oxygen atoms in total. The Balaban J connectivity index is 1.52. The van der Waals surface area contributed by atoms with Crippen LogP contribution in [0.2, 0.25) is 0 Å². The van der Waals surface area contributed by atoms with Gasteiger partial charge < -0.3 is 14.2 Å². The zero-order valence-corrected chi connectivity index (χ0v) is 19.7. The van der Waals surface area contributed by atoms with Gasteiger partial charge in [0.05, 0.1) is 28.8 Å². The lowest BCUT2D eigenvalue weighted by atomic mass is 9.97. The molecule has 2 aliphatic heterocycles. The predicted octanol–water partition coefficient (Wildman–Crippen LogP) is 6.16. The molecular formula is C28H34N4O. The fraction of sp³-hybridized carbons (Fsp3) is 0.500. The molecule has 2 aliphatic rings. The van der Waals surface area contributed by atoms with Gasteiger partial charge in [-0.25, -0.2) is 4.98 Å². The first-order chi connectivity index (χ1) is 16.2. The average Bonchev–Trinajstić information content (AvgIpc) is 3.22. The van der Waals surface area contributed by atoms with Crippen molar-refractivity contribution in [2.45, 2.75) is 64.5 Å². The number of hydrogen-bond acceptors (Lipinski definition) is 4. The zero-order valence-electron chi connectivity index (χ0n) is 19.7. The number of nitrogens with zero attached hydrogens (tertiary/aromatic N) is 4. The summed E-state index contributed by atoms with van der Waals surface area (Å²) in [6.45, 7) is 6.17. The van der Waals surface area contributed by atoms with Crippen molar-refractivity contribution in [2.24, 2.45) is 5.92 Å². The molecule has 2 saturated heterocycles. The minimum absolute atomic E-state index is 0.266. The standard InChI is InChI=1S/C28H34N4O/c1-21-11-14-31(15-12-21)28-25(23-9-7-22(19-29)8-10-23)18-27-26(30-28)13-16-32(27)20-24-6-4-2-3-5-17-33-24/h7-10,13,16,18,21,24H,2-6,11-12,14-15,17,20H2,1H3/t24-/m0/s1. The van der Waals surface area contributed by atoms with Crippen molar-refractivity contribution in [1.82, 2.24) is 9.55 Å². The summed E-state index contributed by atoms with van der Waals surface area (Å²) in [7, 11) is 0. The zero-order chi connectivity index (χ0) is 22.6. The lowest BCUT2D eigenvalue weighted by Crippen LogP contribution is -2.33. The molecule has 0 unspecified atom stereocenters. The van der Waals surface area contributed by atoms with Gasteiger partial charge in [-0.05, 0) is 61.4 Å². The molecule has 5 rings (SSSR count). The second kappa shape index (κ2) is 9.97. The number of fused-ring (bicyclic) bond motifs is 1. The number of nitriles is 1. The molecule has 0 amide bonds. The van der Waals surface area contributed by atoms with Crippen LogP contribution in [-0.2, 0) is 11.3 Å². The van der Waals surface area contributed by atoms with Crippen molar-refractivity contribution in [2.75, 3.05) is 24.6 Å². The summed E-state index contributed by atoms with van der Waals surface area (Å²) in [6, 6.07) is 14.6. The van der Waals surface area contributed by atoms with E-state index >= 15 is 0 Å².